The summed E-state index contributed by atoms with van der Waals surface area (Å²) in [5.41, 5.74) is 11.5. The molecule has 0 saturated heterocycles. The molecule has 3 heterocycles. The number of thiocarbonyl (C=S) groups is 6. The van der Waals surface area contributed by atoms with Crippen molar-refractivity contribution in [2.45, 2.75) is 50.9 Å². The molecule has 0 amide bonds. The van der Waals surface area contributed by atoms with Crippen LogP contribution in [-0.2, 0) is 37.1 Å². The van der Waals surface area contributed by atoms with Gasteiger partial charge in [0.2, 0.25) is 0 Å². The van der Waals surface area contributed by atoms with Crippen molar-refractivity contribution in [2.75, 3.05) is 31.9 Å². The molecule has 0 aliphatic heterocycles. The Kier molecular flexibility index (Phi) is 44.2. The number of pyridine rings is 3. The number of aryl methyl sites for hydroxylation is 2. The summed E-state index contributed by atoms with van der Waals surface area (Å²) in [5.74, 6) is -0.946. The fraction of sp³-hybridized carbons (Fsp3) is 0.0899. The van der Waals surface area contributed by atoms with Gasteiger partial charge in [0, 0.05) is 79.5 Å². The zero-order valence-electron chi connectivity index (χ0n) is 71.9. The second-order valence-electron chi connectivity index (χ2n) is 27.7. The summed E-state index contributed by atoms with van der Waals surface area (Å²) >= 11 is 52.9. The fourth-order valence-corrected chi connectivity index (χ4v) is 12.5. The standard InChI is InChI=1S/2C16H12Cl2F3N3OS.2C15H10F6N4S.C14H12FN3OS.C13H11FN4S/c2*1-8-2-10(16(19,20)21)5-12(3-8)23-15(26)24-22-7-9-4-11(17)6-13(18)14(9)25;2*16-14(17,18)9-5-10(15(19,20)21)7-12(6-9)24-13(26)25-23-8-11-3-1-2-4-22-11;15-11-5-3-6-12(8-11)17-14(20)18-16-9-10-4-1-2-7-13(10)19;14-10-4-6-11(7-5-10)17-13(19)18-16-9-12-3-1-2-8-15-12/h2*2-7,25H,1H3,(H2,23,24,26);2*1-8H,(H2,24,25,26);1-9,19H,(H2,17,18,20);1-9H,(H2,17,18,19)/b2*22-7+;2*23-8+;2*16-9+. The zero-order valence-corrected chi connectivity index (χ0v) is 79.9. The highest BCUT2D eigenvalue weighted by Crippen LogP contribution is 2.41. The van der Waals surface area contributed by atoms with Crippen LogP contribution in [0.1, 0.15) is 78.3 Å². The summed E-state index contributed by atoms with van der Waals surface area (Å²) in [5, 5.41) is 67.9. The smallest absolute Gasteiger partial charge is 0.416 e. The highest BCUT2D eigenvalue weighted by molar-refractivity contribution is 7.81. The molecule has 750 valence electrons. The lowest BCUT2D eigenvalue weighted by molar-refractivity contribution is -0.144. The van der Waals surface area contributed by atoms with E-state index in [2.05, 4.69) is 110 Å². The van der Waals surface area contributed by atoms with E-state index in [1.807, 2.05) is 18.2 Å². The van der Waals surface area contributed by atoms with Crippen molar-refractivity contribution in [3.8, 4) is 17.2 Å². The third-order valence-electron chi connectivity index (χ3n) is 16.5. The SMILES string of the molecule is Cc1cc(NC(=S)N/N=C/c2cc(Cl)cc(Cl)c2O)cc(C(F)(F)F)c1.Cc1cc(NC(=S)N/N=C/c2cc(Cl)cc(Cl)c2O)cc(C(F)(F)F)c1.FC(F)(F)c1cc(NC(=S)N/N=C/c2ccccn2)cc(C(F)(F)F)c1.FC(F)(F)c1cc(NC(=S)N/N=C/c2ccccn2)cc(C(F)(F)F)c1.Fc1ccc(NC(=S)N/N=C/c2ccccn2)cc1.Oc1ccccc1/C=N/NC(=S)Nc1cccc(F)c1. The van der Waals surface area contributed by atoms with E-state index >= 15 is 0 Å². The number of aromatic nitrogens is 3. The van der Waals surface area contributed by atoms with Gasteiger partial charge < -0.3 is 47.2 Å². The number of para-hydroxylation sites is 1. The molecule has 0 radical (unpaired) electrons. The van der Waals surface area contributed by atoms with Crippen molar-refractivity contribution in [2.24, 2.45) is 30.6 Å². The lowest BCUT2D eigenvalue weighted by Crippen LogP contribution is -2.24. The Morgan fingerprint density at radius 2 is 0.559 bits per heavy atom. The van der Waals surface area contributed by atoms with E-state index in [0.717, 1.165) is 30.0 Å². The van der Waals surface area contributed by atoms with Gasteiger partial charge in [-0.05, 0) is 286 Å². The minimum atomic E-state index is -4.94. The molecule has 0 bridgehead atoms. The van der Waals surface area contributed by atoms with Gasteiger partial charge in [-0.15, -0.1) is 0 Å². The van der Waals surface area contributed by atoms with Gasteiger partial charge in [-0.3, -0.25) is 47.5 Å². The number of phenolic OH excluding ortho intramolecular Hbond substituents is 3. The van der Waals surface area contributed by atoms with Crippen LogP contribution in [0, 0.1) is 25.5 Å². The summed E-state index contributed by atoms with van der Waals surface area (Å²) in [6.07, 6.45) is -16.0. The first-order valence-corrected chi connectivity index (χ1v) is 43.0. The van der Waals surface area contributed by atoms with Crippen LogP contribution in [0.3, 0.4) is 0 Å². The van der Waals surface area contributed by atoms with Crippen molar-refractivity contribution in [1.82, 2.24) is 47.5 Å². The predicted molar refractivity (Wildman–Crippen MR) is 537 cm³/mol. The maximum absolute atomic E-state index is 13.0. The molecule has 15 N–H and O–H groups in total. The molecule has 0 atom stereocenters. The molecule has 0 saturated carbocycles. The van der Waals surface area contributed by atoms with Gasteiger partial charge in [0.05, 0.1) is 97.8 Å². The van der Waals surface area contributed by atoms with Crippen LogP contribution < -0.4 is 64.5 Å². The van der Waals surface area contributed by atoms with Crippen LogP contribution in [0.2, 0.25) is 20.1 Å². The van der Waals surface area contributed by atoms with Gasteiger partial charge in [-0.25, -0.2) is 8.78 Å². The molecule has 12 aromatic rings. The van der Waals surface area contributed by atoms with Crippen LogP contribution in [0.4, 0.5) is 122 Å². The monoisotopic (exact) mass is 2190 g/mol. The first kappa shape index (κ1) is 116. The molecule has 24 nitrogen and oxygen atoms in total. The Morgan fingerprint density at radius 1 is 0.280 bits per heavy atom. The normalized spacial score (nSPS) is 11.5. The first-order chi connectivity index (χ1) is 67.1. The highest BCUT2D eigenvalue weighted by Gasteiger charge is 2.39. The lowest BCUT2D eigenvalue weighted by Gasteiger charge is -2.15. The van der Waals surface area contributed by atoms with E-state index in [4.69, 9.17) is 120 Å². The second kappa shape index (κ2) is 54.7. The molecule has 0 unspecified atom stereocenters. The Labute approximate surface area is 850 Å². The zero-order chi connectivity index (χ0) is 106. The molecule has 3 aromatic heterocycles. The summed E-state index contributed by atoms with van der Waals surface area (Å²) in [7, 11) is 0. The minimum absolute atomic E-state index is 0.0287. The van der Waals surface area contributed by atoms with Crippen LogP contribution in [0.5, 0.6) is 17.2 Å². The van der Waals surface area contributed by atoms with Gasteiger partial charge in [0.1, 0.15) is 28.9 Å². The average molecular weight is 2190 g/mol. The van der Waals surface area contributed by atoms with E-state index in [0.29, 0.717) is 78.9 Å². The predicted octanol–water partition coefficient (Wildman–Crippen LogP) is 25.0. The largest absolute Gasteiger partial charge is 0.507 e. The van der Waals surface area contributed by atoms with E-state index in [9.17, 15) is 103 Å². The number of phenols is 3. The van der Waals surface area contributed by atoms with E-state index < -0.39 is 81.8 Å². The van der Waals surface area contributed by atoms with Crippen LogP contribution in [0.15, 0.2) is 274 Å². The molecular formula is C89H67Cl4F20N21O3S6. The summed E-state index contributed by atoms with van der Waals surface area (Å²) in [4.78, 5) is 11.9. The van der Waals surface area contributed by atoms with Gasteiger partial charge >= 0.3 is 37.1 Å². The Hall–Kier alpha value is -14.3. The number of alkyl halides is 18. The molecule has 9 aromatic carbocycles. The lowest BCUT2D eigenvalue weighted by atomic mass is 10.1. The van der Waals surface area contributed by atoms with Gasteiger partial charge in [-0.2, -0.15) is 110 Å². The molecule has 0 fully saturated rings. The maximum atomic E-state index is 13.0. The molecule has 143 heavy (non-hydrogen) atoms. The molecule has 54 heteroatoms. The average Bonchev–Trinajstić information content (AvgIpc) is 0.791. The number of hydrogen-bond acceptors (Lipinski definition) is 18. The summed E-state index contributed by atoms with van der Waals surface area (Å²) < 4.78 is 256. The third-order valence-corrected chi connectivity index (χ3v) is 18.7. The Morgan fingerprint density at radius 3 is 0.860 bits per heavy atom. The van der Waals surface area contributed by atoms with Crippen molar-refractivity contribution in [3.05, 3.63) is 353 Å². The number of rotatable bonds is 18. The third kappa shape index (κ3) is 43.0. The quantitative estimate of drug-likeness (QED) is 0.0164. The van der Waals surface area contributed by atoms with Gasteiger partial charge in [0.25, 0.3) is 0 Å². The van der Waals surface area contributed by atoms with E-state index in [-0.39, 0.29) is 99.1 Å². The highest BCUT2D eigenvalue weighted by atomic mass is 35.5. The number of aromatic hydroxyl groups is 3. The molecule has 12 rings (SSSR count). The Balaban J connectivity index is 0.000000234. The van der Waals surface area contributed by atoms with E-state index in [1.165, 1.54) is 104 Å². The summed E-state index contributed by atoms with van der Waals surface area (Å²) in [6, 6.07) is 48.8. The van der Waals surface area contributed by atoms with Gasteiger partial charge in [0.15, 0.2) is 30.7 Å². The van der Waals surface area contributed by atoms with Crippen molar-refractivity contribution in [1.29, 1.82) is 0 Å². The number of anilines is 6. The summed E-state index contributed by atoms with van der Waals surface area (Å²) in [6.45, 7) is 3.08. The number of nitrogens with zero attached hydrogens (tertiary/aromatic N) is 9. The van der Waals surface area contributed by atoms with Crippen LogP contribution in [0.25, 0.3) is 0 Å². The molecule has 0 aliphatic rings. The molecular weight excluding hydrogens is 2130 g/mol. The van der Waals surface area contributed by atoms with Crippen molar-refractivity contribution < 1.29 is 103 Å². The number of nitrogens with one attached hydrogen (secondary N) is 12. The molecule has 0 aliphatic carbocycles. The number of hydrazone groups is 6. The number of benzene rings is 9. The number of halogens is 24. The minimum Gasteiger partial charge on any atom is -0.507 e. The maximum Gasteiger partial charge on any atom is 0.416 e. The molecule has 0 spiro atoms. The fourth-order valence-electron chi connectivity index (χ4n) is 10.4. The van der Waals surface area contributed by atoms with Crippen molar-refractivity contribution >= 4 is 222 Å². The van der Waals surface area contributed by atoms with Crippen LogP contribution in [-0.4, -0.2) is 98.2 Å². The van der Waals surface area contributed by atoms with Crippen LogP contribution >= 0.6 is 120 Å². The topological polar surface area (TPSA) is 318 Å². The first-order valence-electron chi connectivity index (χ1n) is 39.1. The number of hydrogen-bond donors (Lipinski definition) is 15. The Bertz CT molecular complexity index is 6240. The van der Waals surface area contributed by atoms with E-state index in [1.54, 1.807) is 111 Å². The van der Waals surface area contributed by atoms with Gasteiger partial charge in [-0.1, -0.05) is 82.8 Å². The second-order valence-corrected chi connectivity index (χ2v) is 31.8. The van der Waals surface area contributed by atoms with Crippen molar-refractivity contribution in [3.63, 3.8) is 0 Å².